The predicted octanol–water partition coefficient (Wildman–Crippen LogP) is 5.01. The predicted molar refractivity (Wildman–Crippen MR) is 110 cm³/mol. The minimum Gasteiger partial charge on any atom is -0.323 e. The van der Waals surface area contributed by atoms with E-state index in [1.165, 1.54) is 5.56 Å². The van der Waals surface area contributed by atoms with E-state index in [0.29, 0.717) is 17.2 Å². The van der Waals surface area contributed by atoms with Crippen LogP contribution in [-0.2, 0) is 0 Å². The van der Waals surface area contributed by atoms with Crippen molar-refractivity contribution >= 4 is 23.2 Å². The van der Waals surface area contributed by atoms with Crippen molar-refractivity contribution in [2.45, 2.75) is 34.6 Å². The van der Waals surface area contributed by atoms with Crippen LogP contribution in [0.5, 0.6) is 0 Å². The van der Waals surface area contributed by atoms with E-state index in [0.717, 1.165) is 28.2 Å². The van der Waals surface area contributed by atoms with Gasteiger partial charge in [0.2, 0.25) is 5.95 Å². The summed E-state index contributed by atoms with van der Waals surface area (Å²) in [5.74, 6) is 0.313. The molecule has 138 valence electrons. The molecule has 0 bridgehead atoms. The molecule has 0 atom stereocenters. The summed E-state index contributed by atoms with van der Waals surface area (Å²) in [5, 5.41) is 6.23. The summed E-state index contributed by atoms with van der Waals surface area (Å²) in [5.41, 5.74) is 7.07. The number of anilines is 3. The van der Waals surface area contributed by atoms with Gasteiger partial charge in [0.1, 0.15) is 0 Å². The normalized spacial score (nSPS) is 10.6. The van der Waals surface area contributed by atoms with Crippen LogP contribution < -0.4 is 10.6 Å². The summed E-state index contributed by atoms with van der Waals surface area (Å²) in [7, 11) is 0. The number of nitrogens with zero attached hydrogens (tertiary/aromatic N) is 2. The van der Waals surface area contributed by atoms with Gasteiger partial charge in [-0.15, -0.1) is 0 Å². The Hall–Kier alpha value is -3.21. The highest BCUT2D eigenvalue weighted by atomic mass is 16.1. The Kier molecular flexibility index (Phi) is 5.21. The molecule has 5 heteroatoms. The molecule has 1 amide bonds. The molecule has 1 aromatic heterocycles. The zero-order valence-electron chi connectivity index (χ0n) is 16.3. The van der Waals surface area contributed by atoms with Crippen LogP contribution in [0.1, 0.15) is 38.4 Å². The fourth-order valence-electron chi connectivity index (χ4n) is 3.25. The van der Waals surface area contributed by atoms with E-state index in [9.17, 15) is 4.79 Å². The molecule has 0 saturated heterocycles. The molecule has 2 aromatic carbocycles. The summed E-state index contributed by atoms with van der Waals surface area (Å²) in [6.45, 7) is 9.89. The largest absolute Gasteiger partial charge is 0.323 e. The second kappa shape index (κ2) is 7.58. The summed E-state index contributed by atoms with van der Waals surface area (Å²) >= 11 is 0. The number of rotatable bonds is 4. The topological polar surface area (TPSA) is 66.9 Å². The van der Waals surface area contributed by atoms with Crippen molar-refractivity contribution in [3.8, 4) is 0 Å². The number of aromatic nitrogens is 2. The third-order valence-corrected chi connectivity index (χ3v) is 4.32. The van der Waals surface area contributed by atoms with Gasteiger partial charge >= 0.3 is 0 Å². The minimum atomic E-state index is -0.169. The van der Waals surface area contributed by atoms with Gasteiger partial charge in [-0.1, -0.05) is 29.8 Å². The molecular formula is C22H24N4O. The molecule has 0 aliphatic rings. The summed E-state index contributed by atoms with van der Waals surface area (Å²) in [6, 6.07) is 13.4. The number of hydrogen-bond acceptors (Lipinski definition) is 4. The van der Waals surface area contributed by atoms with Crippen LogP contribution in [0.25, 0.3) is 0 Å². The Balaban J connectivity index is 1.90. The molecule has 3 aromatic rings. The Morgan fingerprint density at radius 2 is 1.44 bits per heavy atom. The molecule has 0 unspecified atom stereocenters. The van der Waals surface area contributed by atoms with Crippen molar-refractivity contribution in [3.63, 3.8) is 0 Å². The third kappa shape index (κ3) is 4.31. The second-order valence-corrected chi connectivity index (χ2v) is 6.87. The molecule has 0 fully saturated rings. The quantitative estimate of drug-likeness (QED) is 0.686. The first-order chi connectivity index (χ1) is 12.8. The number of benzene rings is 2. The maximum atomic E-state index is 13.0. The fraction of sp³-hybridized carbons (Fsp3) is 0.227. The van der Waals surface area contributed by atoms with Gasteiger partial charge in [-0.2, -0.15) is 0 Å². The van der Waals surface area contributed by atoms with Crippen LogP contribution in [-0.4, -0.2) is 15.9 Å². The van der Waals surface area contributed by atoms with Gasteiger partial charge in [0, 0.05) is 17.1 Å². The minimum absolute atomic E-state index is 0.169. The van der Waals surface area contributed by atoms with Crippen molar-refractivity contribution in [1.82, 2.24) is 9.97 Å². The van der Waals surface area contributed by atoms with Gasteiger partial charge in [0.25, 0.3) is 5.91 Å². The molecule has 0 spiro atoms. The van der Waals surface area contributed by atoms with Gasteiger partial charge in [-0.05, 0) is 63.9 Å². The molecule has 1 heterocycles. The van der Waals surface area contributed by atoms with E-state index in [1.807, 2.05) is 52.0 Å². The lowest BCUT2D eigenvalue weighted by Gasteiger charge is -2.15. The Morgan fingerprint density at radius 3 is 2.07 bits per heavy atom. The van der Waals surface area contributed by atoms with Gasteiger partial charge in [0.15, 0.2) is 0 Å². The molecule has 0 radical (unpaired) electrons. The van der Waals surface area contributed by atoms with Crippen LogP contribution in [0.15, 0.2) is 42.5 Å². The van der Waals surface area contributed by atoms with Crippen molar-refractivity contribution in [3.05, 3.63) is 76.1 Å². The van der Waals surface area contributed by atoms with Crippen molar-refractivity contribution in [1.29, 1.82) is 0 Å². The summed E-state index contributed by atoms with van der Waals surface area (Å²) < 4.78 is 0. The van der Waals surface area contributed by atoms with E-state index in [-0.39, 0.29) is 5.91 Å². The van der Waals surface area contributed by atoms with Crippen LogP contribution >= 0.6 is 0 Å². The second-order valence-electron chi connectivity index (χ2n) is 6.87. The Morgan fingerprint density at radius 1 is 0.852 bits per heavy atom. The highest BCUT2D eigenvalue weighted by molar-refractivity contribution is 6.09. The van der Waals surface area contributed by atoms with E-state index < -0.39 is 0 Å². The van der Waals surface area contributed by atoms with Crippen LogP contribution in [0.4, 0.5) is 17.3 Å². The van der Waals surface area contributed by atoms with Crippen LogP contribution in [0, 0.1) is 34.6 Å². The molecule has 0 saturated carbocycles. The van der Waals surface area contributed by atoms with Gasteiger partial charge in [-0.3, -0.25) is 4.79 Å². The van der Waals surface area contributed by atoms with E-state index in [1.54, 1.807) is 6.07 Å². The van der Waals surface area contributed by atoms with Gasteiger partial charge < -0.3 is 10.6 Å². The SMILES string of the molecule is Cc1cc(C)c(NC(=O)c2ccccc2Nc2nc(C)cc(C)n2)c(C)c1. The van der Waals surface area contributed by atoms with E-state index in [2.05, 4.69) is 39.7 Å². The van der Waals surface area contributed by atoms with Crippen molar-refractivity contribution in [2.24, 2.45) is 0 Å². The lowest BCUT2D eigenvalue weighted by atomic mass is 10.0. The first-order valence-electron chi connectivity index (χ1n) is 8.91. The molecule has 5 nitrogen and oxygen atoms in total. The molecule has 27 heavy (non-hydrogen) atoms. The molecular weight excluding hydrogens is 336 g/mol. The number of carbonyl (C=O) groups is 1. The molecule has 0 aliphatic heterocycles. The first-order valence-corrected chi connectivity index (χ1v) is 8.91. The smallest absolute Gasteiger partial charge is 0.257 e. The van der Waals surface area contributed by atoms with Gasteiger partial charge in [0.05, 0.1) is 11.3 Å². The third-order valence-electron chi connectivity index (χ3n) is 4.32. The zero-order chi connectivity index (χ0) is 19.6. The Bertz CT molecular complexity index is 968. The zero-order valence-corrected chi connectivity index (χ0v) is 16.3. The number of para-hydroxylation sites is 1. The van der Waals surface area contributed by atoms with E-state index >= 15 is 0 Å². The highest BCUT2D eigenvalue weighted by Gasteiger charge is 2.15. The maximum absolute atomic E-state index is 13.0. The van der Waals surface area contributed by atoms with Crippen molar-refractivity contribution in [2.75, 3.05) is 10.6 Å². The lowest BCUT2D eigenvalue weighted by Crippen LogP contribution is -2.16. The van der Waals surface area contributed by atoms with Crippen LogP contribution in [0.2, 0.25) is 0 Å². The van der Waals surface area contributed by atoms with Gasteiger partial charge in [-0.25, -0.2) is 9.97 Å². The lowest BCUT2D eigenvalue weighted by molar-refractivity contribution is 0.102. The van der Waals surface area contributed by atoms with E-state index in [4.69, 9.17) is 0 Å². The Labute approximate surface area is 159 Å². The number of amides is 1. The molecule has 0 aliphatic carbocycles. The number of aryl methyl sites for hydroxylation is 5. The number of carbonyl (C=O) groups excluding carboxylic acids is 1. The van der Waals surface area contributed by atoms with Crippen LogP contribution in [0.3, 0.4) is 0 Å². The maximum Gasteiger partial charge on any atom is 0.257 e. The highest BCUT2D eigenvalue weighted by Crippen LogP contribution is 2.25. The molecule has 3 rings (SSSR count). The monoisotopic (exact) mass is 360 g/mol. The van der Waals surface area contributed by atoms with Crippen molar-refractivity contribution < 1.29 is 4.79 Å². The fourth-order valence-corrected chi connectivity index (χ4v) is 3.25. The average molecular weight is 360 g/mol. The summed E-state index contributed by atoms with van der Waals surface area (Å²) in [6.07, 6.45) is 0. The summed E-state index contributed by atoms with van der Waals surface area (Å²) in [4.78, 5) is 21.8. The first kappa shape index (κ1) is 18.6. The average Bonchev–Trinajstić information content (AvgIpc) is 2.57. The standard InChI is InChI=1S/C22H24N4O/c1-13-10-14(2)20(15(3)11-13)26-21(27)18-8-6-7-9-19(18)25-22-23-16(4)12-17(5)24-22/h6-12H,1-5H3,(H,26,27)(H,23,24,25). The number of nitrogens with one attached hydrogen (secondary N) is 2. The number of hydrogen-bond donors (Lipinski definition) is 2. The molecule has 2 N–H and O–H groups in total.